The molecule has 6 nitrogen and oxygen atoms in total. The minimum absolute atomic E-state index is 0.0246. The summed E-state index contributed by atoms with van der Waals surface area (Å²) >= 11 is 6.71. The molecule has 2 aromatic heterocycles. The molecule has 3 aromatic rings. The van der Waals surface area contributed by atoms with Gasteiger partial charge in [-0.1, -0.05) is 24.9 Å². The number of hydrogen-bond acceptors (Lipinski definition) is 4. The number of carbonyl (C=O) groups excluding carboxylic acids is 1. The Morgan fingerprint density at radius 1 is 1.14 bits per heavy atom. The standard InChI is InChI=1S/C28H33ClFN5O/c1-3-22-26(19-12-32-34(2)13-19)27(22)28(36)33-25-10-17-8-23(24(29)9-18(17)11-31-25)16-4-6-21(7-5-16)35-14-20(30)15-35/h8-13,16,20-22,26-27H,3-7,14-15H2,1-2H3,(H,31,33,36)/t16?,21?,22-,26+,27+/m1/s1. The van der Waals surface area contributed by atoms with E-state index in [-0.39, 0.29) is 17.7 Å². The summed E-state index contributed by atoms with van der Waals surface area (Å²) in [5.74, 6) is 1.51. The maximum absolute atomic E-state index is 13.3. The molecule has 3 heterocycles. The lowest BCUT2D eigenvalue weighted by Crippen LogP contribution is -2.54. The van der Waals surface area contributed by atoms with Crippen LogP contribution in [0, 0.1) is 11.8 Å². The van der Waals surface area contributed by atoms with Crippen molar-refractivity contribution in [1.29, 1.82) is 0 Å². The molecule has 1 aromatic carbocycles. The van der Waals surface area contributed by atoms with E-state index < -0.39 is 6.17 Å². The number of nitrogens with one attached hydrogen (secondary N) is 1. The van der Waals surface area contributed by atoms with E-state index in [1.807, 2.05) is 31.6 Å². The van der Waals surface area contributed by atoms with E-state index in [0.29, 0.717) is 36.8 Å². The van der Waals surface area contributed by atoms with Gasteiger partial charge in [-0.15, -0.1) is 0 Å². The molecule has 0 radical (unpaired) electrons. The number of anilines is 1. The van der Waals surface area contributed by atoms with Crippen molar-refractivity contribution >= 4 is 34.1 Å². The highest BCUT2D eigenvalue weighted by Gasteiger charge is 2.54. The third-order valence-electron chi connectivity index (χ3n) is 8.66. The zero-order valence-electron chi connectivity index (χ0n) is 20.8. The maximum Gasteiger partial charge on any atom is 0.229 e. The number of amides is 1. The van der Waals surface area contributed by atoms with Crippen LogP contribution in [0.15, 0.2) is 36.8 Å². The smallest absolute Gasteiger partial charge is 0.229 e. The second-order valence-corrected chi connectivity index (χ2v) is 11.3. The minimum atomic E-state index is -0.644. The van der Waals surface area contributed by atoms with Gasteiger partial charge in [-0.2, -0.15) is 5.10 Å². The number of carbonyl (C=O) groups is 1. The van der Waals surface area contributed by atoms with Crippen molar-refractivity contribution in [3.63, 3.8) is 0 Å². The first-order chi connectivity index (χ1) is 17.4. The number of pyridine rings is 1. The fourth-order valence-corrected chi connectivity index (χ4v) is 6.91. The van der Waals surface area contributed by atoms with Crippen LogP contribution in [0.25, 0.3) is 10.8 Å². The van der Waals surface area contributed by atoms with Crippen LogP contribution < -0.4 is 5.32 Å². The van der Waals surface area contributed by atoms with Crippen LogP contribution in [0.3, 0.4) is 0 Å². The second kappa shape index (κ2) is 9.42. The van der Waals surface area contributed by atoms with Crippen molar-refractivity contribution in [2.45, 2.75) is 63.1 Å². The third-order valence-corrected chi connectivity index (χ3v) is 8.99. The summed E-state index contributed by atoms with van der Waals surface area (Å²) in [5.41, 5.74) is 2.30. The Kier molecular flexibility index (Phi) is 6.24. The predicted octanol–water partition coefficient (Wildman–Crippen LogP) is 5.68. The molecule has 3 fully saturated rings. The normalized spacial score (nSPS) is 28.7. The highest BCUT2D eigenvalue weighted by atomic mass is 35.5. The van der Waals surface area contributed by atoms with E-state index in [4.69, 9.17) is 11.6 Å². The van der Waals surface area contributed by atoms with Crippen LogP contribution in [-0.4, -0.2) is 50.9 Å². The molecule has 2 saturated carbocycles. The summed E-state index contributed by atoms with van der Waals surface area (Å²) in [4.78, 5) is 19.9. The van der Waals surface area contributed by atoms with Crippen molar-refractivity contribution in [1.82, 2.24) is 19.7 Å². The lowest BCUT2D eigenvalue weighted by Gasteiger charge is -2.43. The zero-order valence-corrected chi connectivity index (χ0v) is 21.6. The average molecular weight is 510 g/mol. The van der Waals surface area contributed by atoms with Crippen molar-refractivity contribution in [2.75, 3.05) is 18.4 Å². The van der Waals surface area contributed by atoms with Crippen molar-refractivity contribution < 1.29 is 9.18 Å². The molecule has 1 aliphatic heterocycles. The van der Waals surface area contributed by atoms with Gasteiger partial charge in [0.15, 0.2) is 0 Å². The number of hydrogen-bond donors (Lipinski definition) is 1. The summed E-state index contributed by atoms with van der Waals surface area (Å²) in [6, 6.07) is 6.63. The van der Waals surface area contributed by atoms with Gasteiger partial charge in [-0.3, -0.25) is 14.4 Å². The molecule has 0 bridgehead atoms. The topological polar surface area (TPSA) is 63.1 Å². The first-order valence-electron chi connectivity index (χ1n) is 13.2. The highest BCUT2D eigenvalue weighted by Crippen LogP contribution is 2.56. The van der Waals surface area contributed by atoms with Crippen molar-refractivity contribution in [3.8, 4) is 0 Å². The number of rotatable bonds is 6. The maximum atomic E-state index is 13.3. The lowest BCUT2D eigenvalue weighted by molar-refractivity contribution is -0.117. The van der Waals surface area contributed by atoms with Gasteiger partial charge in [0.2, 0.25) is 5.91 Å². The first kappa shape index (κ1) is 23.9. The Labute approximate surface area is 216 Å². The van der Waals surface area contributed by atoms with E-state index >= 15 is 0 Å². The van der Waals surface area contributed by atoms with E-state index in [0.717, 1.165) is 53.5 Å². The summed E-state index contributed by atoms with van der Waals surface area (Å²) in [6.07, 6.45) is 10.3. The van der Waals surface area contributed by atoms with Crippen LogP contribution in [0.4, 0.5) is 10.2 Å². The molecule has 2 aliphatic carbocycles. The summed E-state index contributed by atoms with van der Waals surface area (Å²) in [5, 5.41) is 10.1. The van der Waals surface area contributed by atoms with Crippen LogP contribution in [-0.2, 0) is 11.8 Å². The zero-order chi connectivity index (χ0) is 25.0. The molecule has 36 heavy (non-hydrogen) atoms. The minimum Gasteiger partial charge on any atom is -0.310 e. The van der Waals surface area contributed by atoms with Gasteiger partial charge in [0.05, 0.1) is 6.20 Å². The largest absolute Gasteiger partial charge is 0.310 e. The van der Waals surface area contributed by atoms with E-state index in [2.05, 4.69) is 33.3 Å². The molecular formula is C28H33ClFN5O. The molecule has 8 heteroatoms. The Bertz CT molecular complexity index is 1280. The fraction of sp³-hybridized carbons (Fsp3) is 0.536. The van der Waals surface area contributed by atoms with Gasteiger partial charge in [-0.05, 0) is 72.2 Å². The van der Waals surface area contributed by atoms with Crippen molar-refractivity contribution in [3.05, 3.63) is 52.9 Å². The van der Waals surface area contributed by atoms with Gasteiger partial charge in [0.25, 0.3) is 0 Å². The van der Waals surface area contributed by atoms with Crippen LogP contribution in [0.1, 0.15) is 62.0 Å². The Balaban J connectivity index is 1.16. The van der Waals surface area contributed by atoms with Gasteiger partial charge in [0.1, 0.15) is 12.0 Å². The van der Waals surface area contributed by atoms with Crippen molar-refractivity contribution in [2.24, 2.45) is 18.9 Å². The molecule has 3 aliphatic rings. The second-order valence-electron chi connectivity index (χ2n) is 10.9. The molecule has 3 atom stereocenters. The monoisotopic (exact) mass is 509 g/mol. The number of nitrogens with zero attached hydrogens (tertiary/aromatic N) is 4. The van der Waals surface area contributed by atoms with E-state index in [1.165, 1.54) is 5.56 Å². The van der Waals surface area contributed by atoms with Crippen LogP contribution in [0.5, 0.6) is 0 Å². The van der Waals surface area contributed by atoms with Gasteiger partial charge >= 0.3 is 0 Å². The van der Waals surface area contributed by atoms with Gasteiger partial charge in [-0.25, -0.2) is 9.37 Å². The number of benzene rings is 1. The quantitative estimate of drug-likeness (QED) is 0.464. The van der Waals surface area contributed by atoms with Crippen LogP contribution in [0.2, 0.25) is 5.02 Å². The van der Waals surface area contributed by atoms with Gasteiger partial charge < -0.3 is 5.32 Å². The lowest BCUT2D eigenvalue weighted by atomic mass is 9.80. The third kappa shape index (κ3) is 4.41. The average Bonchev–Trinajstić information content (AvgIpc) is 3.44. The summed E-state index contributed by atoms with van der Waals surface area (Å²) in [7, 11) is 1.90. The highest BCUT2D eigenvalue weighted by molar-refractivity contribution is 6.32. The summed E-state index contributed by atoms with van der Waals surface area (Å²) in [6.45, 7) is 3.32. The SMILES string of the molecule is CC[C@H]1[C@H](C(=O)Nc2cc3cc(C4CCC(N5CC(F)C5)CC4)c(Cl)cc3cn2)[C@H]1c1cnn(C)c1. The number of fused-ring (bicyclic) bond motifs is 1. The predicted molar refractivity (Wildman–Crippen MR) is 140 cm³/mol. The Morgan fingerprint density at radius 2 is 1.92 bits per heavy atom. The molecule has 1 amide bonds. The number of alkyl halides is 1. The number of aryl methyl sites for hydroxylation is 1. The number of aromatic nitrogens is 3. The molecule has 190 valence electrons. The van der Waals surface area contributed by atoms with E-state index in [1.54, 1.807) is 10.9 Å². The van der Waals surface area contributed by atoms with E-state index in [9.17, 15) is 9.18 Å². The molecule has 6 rings (SSSR count). The fourth-order valence-electron chi connectivity index (χ4n) is 6.59. The Hall–Kier alpha value is -2.51. The van der Waals surface area contributed by atoms with Crippen LogP contribution >= 0.6 is 11.6 Å². The molecule has 1 saturated heterocycles. The molecule has 0 unspecified atom stereocenters. The molecule has 1 N–H and O–H groups in total. The molecular weight excluding hydrogens is 477 g/mol. The Morgan fingerprint density at radius 3 is 2.58 bits per heavy atom. The number of halogens is 2. The first-order valence-corrected chi connectivity index (χ1v) is 13.6. The molecule has 0 spiro atoms. The summed E-state index contributed by atoms with van der Waals surface area (Å²) < 4.78 is 15.1. The van der Waals surface area contributed by atoms with Gasteiger partial charge in [0, 0.05) is 60.8 Å². The number of likely N-dealkylation sites (tertiary alicyclic amines) is 1.